The molecule has 0 unspecified atom stereocenters. The van der Waals surface area contributed by atoms with Crippen molar-refractivity contribution in [1.29, 1.82) is 0 Å². The zero-order valence-corrected chi connectivity index (χ0v) is 24.6. The number of rotatable bonds is 6. The van der Waals surface area contributed by atoms with Gasteiger partial charge in [-0.2, -0.15) is 0 Å². The van der Waals surface area contributed by atoms with Crippen LogP contribution in [0.1, 0.15) is 71.0 Å². The van der Waals surface area contributed by atoms with Crippen LogP contribution in [-0.2, 0) is 20.2 Å². The number of amides is 1. The van der Waals surface area contributed by atoms with Crippen LogP contribution >= 0.6 is 0 Å². The van der Waals surface area contributed by atoms with Crippen LogP contribution in [0.25, 0.3) is 0 Å². The van der Waals surface area contributed by atoms with Crippen molar-refractivity contribution in [3.8, 4) is 11.5 Å². The molecule has 3 aromatic rings. The summed E-state index contributed by atoms with van der Waals surface area (Å²) in [6.07, 6.45) is 1.19. The highest BCUT2D eigenvalue weighted by Crippen LogP contribution is 2.44. The van der Waals surface area contributed by atoms with Crippen molar-refractivity contribution in [3.05, 3.63) is 83.9 Å². The maximum absolute atomic E-state index is 13.9. The van der Waals surface area contributed by atoms with E-state index in [0.29, 0.717) is 17.9 Å². The number of nitrogens with one attached hydrogen (secondary N) is 1. The first-order valence-corrected chi connectivity index (χ1v) is 15.4. The van der Waals surface area contributed by atoms with E-state index in [-0.39, 0.29) is 28.8 Å². The van der Waals surface area contributed by atoms with Crippen LogP contribution in [-0.4, -0.2) is 32.6 Å². The molecule has 40 heavy (non-hydrogen) atoms. The van der Waals surface area contributed by atoms with Crippen LogP contribution in [0.2, 0.25) is 0 Å². The van der Waals surface area contributed by atoms with Crippen LogP contribution in [0, 0.1) is 0 Å². The number of sulfonamides is 1. The zero-order valence-electron chi connectivity index (χ0n) is 23.8. The summed E-state index contributed by atoms with van der Waals surface area (Å²) in [5.74, 6) is 0.769. The summed E-state index contributed by atoms with van der Waals surface area (Å²) in [5, 5.41) is 3.18. The molecular formula is C32H38N2O5S. The number of para-hydroxylation sites is 1. The van der Waals surface area contributed by atoms with Crippen LogP contribution < -0.4 is 19.1 Å². The van der Waals surface area contributed by atoms with Gasteiger partial charge in [-0.05, 0) is 54.2 Å². The number of nitrogens with zero attached hydrogens (tertiary/aromatic N) is 1. The number of hydrogen-bond donors (Lipinski definition) is 1. The van der Waals surface area contributed by atoms with Crippen molar-refractivity contribution in [1.82, 2.24) is 5.32 Å². The second-order valence-corrected chi connectivity index (χ2v) is 13.5. The molecule has 1 N–H and O–H groups in total. The number of ether oxygens (including phenoxy) is 2. The highest BCUT2D eigenvalue weighted by Gasteiger charge is 2.42. The molecule has 212 valence electrons. The fourth-order valence-corrected chi connectivity index (χ4v) is 6.99. The lowest BCUT2D eigenvalue weighted by Gasteiger charge is -2.42. The topological polar surface area (TPSA) is 84.9 Å². The van der Waals surface area contributed by atoms with Gasteiger partial charge in [-0.15, -0.1) is 0 Å². The standard InChI is InChI=1S/C32H38N2O5S/c1-6-32(7-2)20-25(24-15-11-12-16-27(24)39-32)33-30(35)29-21-34(40(36,37)23-13-9-8-10-14-23)26-19-22(31(3,4)5)17-18-28(26)38-29/h8-19,25,29H,6-7,20-21H2,1-5H3,(H,33,35)/t25-,29-/m0/s1. The van der Waals surface area contributed by atoms with Gasteiger partial charge in [0.15, 0.2) is 6.10 Å². The van der Waals surface area contributed by atoms with Gasteiger partial charge in [-0.25, -0.2) is 8.42 Å². The Morgan fingerprint density at radius 2 is 1.65 bits per heavy atom. The molecule has 0 aromatic heterocycles. The fourth-order valence-electron chi connectivity index (χ4n) is 5.50. The molecule has 2 aliphatic rings. The average molecular weight is 563 g/mol. The van der Waals surface area contributed by atoms with Crippen molar-refractivity contribution in [2.24, 2.45) is 0 Å². The zero-order chi connectivity index (χ0) is 28.7. The minimum atomic E-state index is -3.96. The summed E-state index contributed by atoms with van der Waals surface area (Å²) in [5.41, 5.74) is 1.73. The molecule has 0 aliphatic carbocycles. The largest absolute Gasteiger partial charge is 0.487 e. The Balaban J connectivity index is 1.50. The van der Waals surface area contributed by atoms with Crippen molar-refractivity contribution >= 4 is 21.6 Å². The number of carbonyl (C=O) groups excluding carboxylic acids is 1. The van der Waals surface area contributed by atoms with E-state index in [4.69, 9.17) is 9.47 Å². The van der Waals surface area contributed by atoms with E-state index in [1.165, 1.54) is 4.31 Å². The molecule has 7 nitrogen and oxygen atoms in total. The van der Waals surface area contributed by atoms with E-state index < -0.39 is 21.7 Å². The number of hydrogen-bond acceptors (Lipinski definition) is 5. The summed E-state index contributed by atoms with van der Waals surface area (Å²) in [6.45, 7) is 10.3. The molecule has 0 radical (unpaired) electrons. The van der Waals surface area contributed by atoms with Gasteiger partial charge in [0.25, 0.3) is 15.9 Å². The number of benzene rings is 3. The van der Waals surface area contributed by atoms with Gasteiger partial charge in [0, 0.05) is 12.0 Å². The summed E-state index contributed by atoms with van der Waals surface area (Å²) in [7, 11) is -3.96. The average Bonchev–Trinajstić information content (AvgIpc) is 2.96. The predicted molar refractivity (Wildman–Crippen MR) is 156 cm³/mol. The Hall–Kier alpha value is -3.52. The van der Waals surface area contributed by atoms with E-state index in [1.807, 2.05) is 36.4 Å². The first kappa shape index (κ1) is 28.0. The van der Waals surface area contributed by atoms with E-state index in [0.717, 1.165) is 29.7 Å². The second-order valence-electron chi connectivity index (χ2n) is 11.7. The minimum absolute atomic E-state index is 0.138. The molecule has 5 rings (SSSR count). The van der Waals surface area contributed by atoms with E-state index in [9.17, 15) is 13.2 Å². The minimum Gasteiger partial charge on any atom is -0.487 e. The summed E-state index contributed by atoms with van der Waals surface area (Å²) >= 11 is 0. The maximum atomic E-state index is 13.9. The van der Waals surface area contributed by atoms with Gasteiger partial charge in [0.1, 0.15) is 17.1 Å². The molecule has 8 heteroatoms. The van der Waals surface area contributed by atoms with Crippen molar-refractivity contribution in [2.75, 3.05) is 10.8 Å². The number of anilines is 1. The molecule has 2 heterocycles. The Morgan fingerprint density at radius 3 is 2.33 bits per heavy atom. The lowest BCUT2D eigenvalue weighted by atomic mass is 9.83. The lowest BCUT2D eigenvalue weighted by Crippen LogP contribution is -2.53. The van der Waals surface area contributed by atoms with E-state index in [1.54, 1.807) is 36.4 Å². The number of carbonyl (C=O) groups is 1. The molecule has 0 bridgehead atoms. The second kappa shape index (κ2) is 10.5. The van der Waals surface area contributed by atoms with Gasteiger partial charge in [0.05, 0.1) is 23.2 Å². The van der Waals surface area contributed by atoms with Gasteiger partial charge in [0.2, 0.25) is 0 Å². The molecule has 3 aromatic carbocycles. The van der Waals surface area contributed by atoms with Crippen molar-refractivity contribution in [3.63, 3.8) is 0 Å². The van der Waals surface area contributed by atoms with Gasteiger partial charge in [-0.1, -0.05) is 77.1 Å². The Morgan fingerprint density at radius 1 is 0.975 bits per heavy atom. The molecule has 0 spiro atoms. The Kier molecular flexibility index (Phi) is 7.33. The SMILES string of the molecule is CCC1(CC)C[C@H](NC(=O)[C@@H]2CN(S(=O)(=O)c3ccccc3)c3cc(C(C)(C)C)ccc3O2)c2ccccc2O1. The first-order valence-electron chi connectivity index (χ1n) is 13.9. The Bertz CT molecular complexity index is 1490. The van der Waals surface area contributed by atoms with Gasteiger partial charge >= 0.3 is 0 Å². The third-order valence-corrected chi connectivity index (χ3v) is 9.91. The van der Waals surface area contributed by atoms with Crippen molar-refractivity contribution < 1.29 is 22.7 Å². The number of fused-ring (bicyclic) bond motifs is 2. The van der Waals surface area contributed by atoms with Crippen LogP contribution in [0.4, 0.5) is 5.69 Å². The summed E-state index contributed by atoms with van der Waals surface area (Å²) in [4.78, 5) is 14.0. The Labute approximate surface area is 237 Å². The molecule has 0 fully saturated rings. The van der Waals surface area contributed by atoms with E-state index in [2.05, 4.69) is 39.9 Å². The monoisotopic (exact) mass is 562 g/mol. The molecule has 1 amide bonds. The van der Waals surface area contributed by atoms with E-state index >= 15 is 0 Å². The smallest absolute Gasteiger partial charge is 0.264 e. The van der Waals surface area contributed by atoms with Crippen LogP contribution in [0.3, 0.4) is 0 Å². The van der Waals surface area contributed by atoms with Gasteiger partial charge < -0.3 is 14.8 Å². The predicted octanol–water partition coefficient (Wildman–Crippen LogP) is 6.14. The highest BCUT2D eigenvalue weighted by atomic mass is 32.2. The normalized spacial score (nSPS) is 20.0. The lowest BCUT2D eigenvalue weighted by molar-refractivity contribution is -0.129. The molecule has 2 aliphatic heterocycles. The van der Waals surface area contributed by atoms with Crippen LogP contribution in [0.15, 0.2) is 77.7 Å². The fraction of sp³-hybridized carbons (Fsp3) is 0.406. The molecule has 0 saturated heterocycles. The maximum Gasteiger partial charge on any atom is 0.264 e. The third-order valence-electron chi connectivity index (χ3n) is 8.12. The molecule has 2 atom stereocenters. The molecule has 0 saturated carbocycles. The third kappa shape index (κ3) is 5.17. The quantitative estimate of drug-likeness (QED) is 0.390. The van der Waals surface area contributed by atoms with Gasteiger partial charge in [-0.3, -0.25) is 9.10 Å². The van der Waals surface area contributed by atoms with Crippen molar-refractivity contribution in [2.45, 2.75) is 81.9 Å². The summed E-state index contributed by atoms with van der Waals surface area (Å²) < 4.78 is 41.8. The summed E-state index contributed by atoms with van der Waals surface area (Å²) in [6, 6.07) is 21.3. The highest BCUT2D eigenvalue weighted by molar-refractivity contribution is 7.92. The molecular weight excluding hydrogens is 524 g/mol. The first-order chi connectivity index (χ1) is 19.0. The van der Waals surface area contributed by atoms with Crippen LogP contribution in [0.5, 0.6) is 11.5 Å².